The van der Waals surface area contributed by atoms with Crippen molar-refractivity contribution in [1.29, 1.82) is 0 Å². The fourth-order valence-electron chi connectivity index (χ4n) is 3.12. The lowest BCUT2D eigenvalue weighted by Crippen LogP contribution is -2.47. The van der Waals surface area contributed by atoms with Gasteiger partial charge in [0, 0.05) is 24.7 Å². The van der Waals surface area contributed by atoms with Crippen LogP contribution in [0.5, 0.6) is 0 Å². The lowest BCUT2D eigenvalue weighted by atomic mass is 10.1. The molecule has 1 heterocycles. The number of carbonyl (C=O) groups is 1. The number of thioether (sulfide) groups is 1. The van der Waals surface area contributed by atoms with Crippen molar-refractivity contribution in [2.45, 2.75) is 23.8 Å². The van der Waals surface area contributed by atoms with Gasteiger partial charge in [0.2, 0.25) is 15.9 Å². The van der Waals surface area contributed by atoms with Gasteiger partial charge in [0.25, 0.3) is 0 Å². The van der Waals surface area contributed by atoms with Crippen molar-refractivity contribution < 1.29 is 17.6 Å². The number of benzene rings is 2. The van der Waals surface area contributed by atoms with E-state index in [1.54, 1.807) is 12.1 Å². The van der Waals surface area contributed by atoms with Crippen LogP contribution in [0.1, 0.15) is 12.0 Å². The Bertz CT molecular complexity index is 1250. The average molecular weight is 498 g/mol. The van der Waals surface area contributed by atoms with E-state index in [9.17, 15) is 18.0 Å². The highest BCUT2D eigenvalue weighted by Gasteiger charge is 2.26. The predicted molar refractivity (Wildman–Crippen MR) is 127 cm³/mol. The molecule has 0 saturated heterocycles. The molecule has 0 aliphatic rings. The summed E-state index contributed by atoms with van der Waals surface area (Å²) in [4.78, 5) is 24.3. The first-order valence-corrected chi connectivity index (χ1v) is 13.1. The number of sulfonamides is 1. The van der Waals surface area contributed by atoms with E-state index in [0.29, 0.717) is 35.7 Å². The maximum atomic E-state index is 12.9. The number of amides is 1. The Balaban J connectivity index is 1.70. The van der Waals surface area contributed by atoms with E-state index in [1.165, 1.54) is 41.6 Å². The van der Waals surface area contributed by atoms with Gasteiger partial charge in [0.05, 0.1) is 10.4 Å². The van der Waals surface area contributed by atoms with Crippen LogP contribution in [0.2, 0.25) is 5.02 Å². The highest BCUT2D eigenvalue weighted by Crippen LogP contribution is 2.19. The minimum absolute atomic E-state index is 0.0811. The molecule has 3 rings (SSSR count). The summed E-state index contributed by atoms with van der Waals surface area (Å²) in [6, 6.07) is 10.5. The summed E-state index contributed by atoms with van der Waals surface area (Å²) in [6.45, 7) is 0.360. The summed E-state index contributed by atoms with van der Waals surface area (Å²) in [5.74, 6) is -0.381. The van der Waals surface area contributed by atoms with Crippen LogP contribution in [0.15, 0.2) is 56.6 Å². The zero-order chi connectivity index (χ0) is 23.3. The second-order valence-electron chi connectivity index (χ2n) is 7.18. The zero-order valence-corrected chi connectivity index (χ0v) is 20.0. The number of nitrogens with one attached hydrogen (secondary N) is 2. The molecule has 1 aromatic heterocycles. The topological polar surface area (TPSA) is 110 Å². The first-order chi connectivity index (χ1) is 15.2. The van der Waals surface area contributed by atoms with Crippen molar-refractivity contribution in [2.24, 2.45) is 7.05 Å². The molecule has 3 aromatic rings. The number of halogens is 1. The van der Waals surface area contributed by atoms with Gasteiger partial charge >= 0.3 is 5.76 Å². The Kier molecular flexibility index (Phi) is 8.05. The Labute approximate surface area is 195 Å². The summed E-state index contributed by atoms with van der Waals surface area (Å²) < 4.78 is 34.7. The van der Waals surface area contributed by atoms with Crippen molar-refractivity contribution >= 4 is 50.4 Å². The molecular weight excluding hydrogens is 474 g/mol. The van der Waals surface area contributed by atoms with Gasteiger partial charge in [-0.1, -0.05) is 23.7 Å². The Morgan fingerprint density at radius 3 is 2.62 bits per heavy atom. The molecule has 32 heavy (non-hydrogen) atoms. The van der Waals surface area contributed by atoms with E-state index in [2.05, 4.69) is 10.0 Å². The van der Waals surface area contributed by atoms with Gasteiger partial charge in [0.15, 0.2) is 5.58 Å². The van der Waals surface area contributed by atoms with Gasteiger partial charge in [-0.2, -0.15) is 16.5 Å². The molecule has 0 radical (unpaired) electrons. The molecule has 2 N–H and O–H groups in total. The van der Waals surface area contributed by atoms with Gasteiger partial charge in [-0.3, -0.25) is 9.36 Å². The first kappa shape index (κ1) is 24.4. The minimum atomic E-state index is -4.02. The van der Waals surface area contributed by atoms with Crippen molar-refractivity contribution in [1.82, 2.24) is 14.6 Å². The number of rotatable bonds is 10. The quantitative estimate of drug-likeness (QED) is 0.445. The molecule has 0 fully saturated rings. The normalized spacial score (nSPS) is 12.7. The summed E-state index contributed by atoms with van der Waals surface area (Å²) in [5.41, 5.74) is 1.65. The number of oxazole rings is 1. The molecule has 0 aliphatic carbocycles. The van der Waals surface area contributed by atoms with Crippen LogP contribution in [0, 0.1) is 0 Å². The summed E-state index contributed by atoms with van der Waals surface area (Å²) in [5, 5.41) is 3.43. The maximum absolute atomic E-state index is 12.9. The molecule has 1 atom stereocenters. The van der Waals surface area contributed by atoms with Crippen LogP contribution in [0.3, 0.4) is 0 Å². The number of hydrogen-bond donors (Lipinski definition) is 2. The number of nitrogens with zero attached hydrogens (tertiary/aromatic N) is 1. The van der Waals surface area contributed by atoms with Crippen molar-refractivity contribution in [3.63, 3.8) is 0 Å². The van der Waals surface area contributed by atoms with Gasteiger partial charge in [-0.15, -0.1) is 0 Å². The molecule has 172 valence electrons. The summed E-state index contributed by atoms with van der Waals surface area (Å²) in [7, 11) is -2.48. The maximum Gasteiger partial charge on any atom is 0.419 e. The number of fused-ring (bicyclic) bond motifs is 1. The molecule has 11 heteroatoms. The molecule has 2 aromatic carbocycles. The summed E-state index contributed by atoms with van der Waals surface area (Å²) >= 11 is 7.40. The molecule has 0 spiro atoms. The van der Waals surface area contributed by atoms with Gasteiger partial charge in [-0.25, -0.2) is 13.2 Å². The number of aromatic nitrogens is 1. The van der Waals surface area contributed by atoms with E-state index < -0.39 is 27.7 Å². The molecule has 0 unspecified atom stereocenters. The highest BCUT2D eigenvalue weighted by molar-refractivity contribution is 7.98. The SMILES string of the molecule is CSCC[C@H](NS(=O)(=O)c1ccc2c(c1)oc(=O)n2C)C(=O)NCCc1ccc(Cl)cc1. The van der Waals surface area contributed by atoms with E-state index >= 15 is 0 Å². The average Bonchev–Trinajstić information content (AvgIpc) is 3.05. The van der Waals surface area contributed by atoms with Crippen LogP contribution in [-0.4, -0.2) is 43.5 Å². The predicted octanol–water partition coefficient (Wildman–Crippen LogP) is 2.54. The third-order valence-corrected chi connectivity index (χ3v) is 7.29. The van der Waals surface area contributed by atoms with Crippen LogP contribution in [0.4, 0.5) is 0 Å². The molecule has 8 nitrogen and oxygen atoms in total. The number of hydrogen-bond acceptors (Lipinski definition) is 6. The first-order valence-electron chi connectivity index (χ1n) is 9.84. The van der Waals surface area contributed by atoms with Crippen LogP contribution >= 0.6 is 23.4 Å². The molecular formula is C21H24ClN3O5S2. The third kappa shape index (κ3) is 5.94. The second kappa shape index (κ2) is 10.6. The van der Waals surface area contributed by atoms with Crippen LogP contribution in [-0.2, 0) is 28.3 Å². The Morgan fingerprint density at radius 1 is 1.22 bits per heavy atom. The fourth-order valence-corrected chi connectivity index (χ4v) is 4.96. The molecule has 0 saturated carbocycles. The fraction of sp³-hybridized carbons (Fsp3) is 0.333. The lowest BCUT2D eigenvalue weighted by Gasteiger charge is -2.18. The zero-order valence-electron chi connectivity index (χ0n) is 17.6. The van der Waals surface area contributed by atoms with Gasteiger partial charge in [0.1, 0.15) is 6.04 Å². The smallest absolute Gasteiger partial charge is 0.408 e. The second-order valence-corrected chi connectivity index (χ2v) is 10.3. The highest BCUT2D eigenvalue weighted by atomic mass is 35.5. The number of carbonyl (C=O) groups excluding carboxylic acids is 1. The van der Waals surface area contributed by atoms with E-state index in [1.807, 2.05) is 18.4 Å². The van der Waals surface area contributed by atoms with Gasteiger partial charge < -0.3 is 9.73 Å². The Morgan fingerprint density at radius 2 is 1.94 bits per heavy atom. The standard InChI is InChI=1S/C21H24ClN3O5S2/c1-25-18-8-7-16(13-19(18)30-21(25)27)32(28,29)24-17(10-12-31-2)20(26)23-11-9-14-3-5-15(22)6-4-14/h3-8,13,17,24H,9-12H2,1-2H3,(H,23,26)/t17-/m0/s1. The van der Waals surface area contributed by atoms with Crippen molar-refractivity contribution in [3.8, 4) is 0 Å². The van der Waals surface area contributed by atoms with Crippen LogP contribution in [0.25, 0.3) is 11.1 Å². The van der Waals surface area contributed by atoms with Crippen molar-refractivity contribution in [2.75, 3.05) is 18.6 Å². The van der Waals surface area contributed by atoms with E-state index in [-0.39, 0.29) is 10.5 Å². The monoisotopic (exact) mass is 497 g/mol. The van der Waals surface area contributed by atoms with Crippen LogP contribution < -0.4 is 15.8 Å². The number of aryl methyl sites for hydroxylation is 1. The third-order valence-electron chi connectivity index (χ3n) is 4.92. The molecule has 0 aliphatic heterocycles. The molecule has 1 amide bonds. The summed E-state index contributed by atoms with van der Waals surface area (Å²) in [6.07, 6.45) is 2.81. The van der Waals surface area contributed by atoms with Crippen molar-refractivity contribution in [3.05, 3.63) is 63.6 Å². The lowest BCUT2D eigenvalue weighted by molar-refractivity contribution is -0.122. The minimum Gasteiger partial charge on any atom is -0.408 e. The van der Waals surface area contributed by atoms with Gasteiger partial charge in [-0.05, 0) is 54.7 Å². The molecule has 0 bridgehead atoms. The van der Waals surface area contributed by atoms with E-state index in [0.717, 1.165) is 5.56 Å². The largest absolute Gasteiger partial charge is 0.419 e. The Hall–Kier alpha value is -2.27. The van der Waals surface area contributed by atoms with E-state index in [4.69, 9.17) is 16.0 Å².